The number of nitrogens with two attached hydrogens (primary N) is 1. The molecular weight excluding hydrogens is 195 g/mol. The number of nitrogens with zero attached hydrogens (tertiary/aromatic N) is 1. The molecule has 0 saturated carbocycles. The highest BCUT2D eigenvalue weighted by Crippen LogP contribution is 2.33. The van der Waals surface area contributed by atoms with Crippen LogP contribution in [0.1, 0.15) is 17.2 Å². The molecule has 0 amide bonds. The van der Waals surface area contributed by atoms with Crippen molar-refractivity contribution < 1.29 is 9.50 Å². The molecule has 0 bridgehead atoms. The van der Waals surface area contributed by atoms with Crippen molar-refractivity contribution in [2.45, 2.75) is 12.6 Å². The van der Waals surface area contributed by atoms with Crippen LogP contribution < -0.4 is 5.73 Å². The van der Waals surface area contributed by atoms with Gasteiger partial charge in [-0.25, -0.2) is 4.39 Å². The summed E-state index contributed by atoms with van der Waals surface area (Å²) < 4.78 is 13.5. The van der Waals surface area contributed by atoms with Crippen LogP contribution in [-0.2, 0) is 6.54 Å². The van der Waals surface area contributed by atoms with Crippen molar-refractivity contribution in [2.24, 2.45) is 5.73 Å². The first-order valence-corrected chi connectivity index (χ1v) is 5.10. The summed E-state index contributed by atoms with van der Waals surface area (Å²) in [6.07, 6.45) is 0. The van der Waals surface area contributed by atoms with Crippen LogP contribution in [0.4, 0.5) is 4.39 Å². The van der Waals surface area contributed by atoms with Crippen LogP contribution in [0.5, 0.6) is 0 Å². The smallest absolute Gasteiger partial charge is 0.128 e. The Hall–Kier alpha value is -0.970. The number of hydrogen-bond acceptors (Lipinski definition) is 3. The highest BCUT2D eigenvalue weighted by molar-refractivity contribution is 5.35. The fraction of sp³-hybridized carbons (Fsp3) is 0.455. The second kappa shape index (κ2) is 4.26. The van der Waals surface area contributed by atoms with Gasteiger partial charge in [-0.1, -0.05) is 12.1 Å². The van der Waals surface area contributed by atoms with Gasteiger partial charge in [0.2, 0.25) is 0 Å². The molecule has 0 fully saturated rings. The monoisotopic (exact) mass is 210 g/mol. The number of rotatable bonds is 3. The fourth-order valence-electron chi connectivity index (χ4n) is 2.20. The Morgan fingerprint density at radius 1 is 1.53 bits per heavy atom. The average Bonchev–Trinajstić information content (AvgIpc) is 2.58. The number of hydrogen-bond donors (Lipinski definition) is 2. The van der Waals surface area contributed by atoms with E-state index in [4.69, 9.17) is 10.8 Å². The lowest BCUT2D eigenvalue weighted by atomic mass is 10.0. The van der Waals surface area contributed by atoms with E-state index < -0.39 is 0 Å². The van der Waals surface area contributed by atoms with Gasteiger partial charge in [-0.15, -0.1) is 0 Å². The summed E-state index contributed by atoms with van der Waals surface area (Å²) in [6.45, 7) is 1.61. The molecule has 1 aromatic carbocycles. The first-order chi connectivity index (χ1) is 7.27. The molecule has 1 atom stereocenters. The lowest BCUT2D eigenvalue weighted by molar-refractivity contribution is 0.163. The zero-order chi connectivity index (χ0) is 10.8. The van der Waals surface area contributed by atoms with Gasteiger partial charge >= 0.3 is 0 Å². The van der Waals surface area contributed by atoms with Gasteiger partial charge < -0.3 is 10.8 Å². The van der Waals surface area contributed by atoms with Gasteiger partial charge in [-0.3, -0.25) is 4.90 Å². The lowest BCUT2D eigenvalue weighted by Crippen LogP contribution is -2.30. The van der Waals surface area contributed by atoms with Crippen molar-refractivity contribution in [2.75, 3.05) is 19.7 Å². The quantitative estimate of drug-likeness (QED) is 0.769. The summed E-state index contributed by atoms with van der Waals surface area (Å²) in [5, 5.41) is 8.91. The second-order valence-corrected chi connectivity index (χ2v) is 3.75. The zero-order valence-electron chi connectivity index (χ0n) is 8.49. The van der Waals surface area contributed by atoms with Crippen LogP contribution >= 0.6 is 0 Å². The first-order valence-electron chi connectivity index (χ1n) is 5.10. The van der Waals surface area contributed by atoms with Crippen LogP contribution in [0.15, 0.2) is 18.2 Å². The number of fused-ring (bicyclic) bond motifs is 1. The molecule has 4 heteroatoms. The summed E-state index contributed by atoms with van der Waals surface area (Å²) in [5.74, 6) is -0.175. The maximum absolute atomic E-state index is 13.5. The topological polar surface area (TPSA) is 49.5 Å². The van der Waals surface area contributed by atoms with E-state index >= 15 is 0 Å². The molecule has 1 unspecified atom stereocenters. The normalized spacial score (nSPS) is 20.6. The third-order valence-corrected chi connectivity index (χ3v) is 2.93. The number of halogens is 1. The Bertz CT molecular complexity index is 356. The lowest BCUT2D eigenvalue weighted by Gasteiger charge is -2.22. The van der Waals surface area contributed by atoms with Crippen LogP contribution in [0.25, 0.3) is 0 Å². The molecular formula is C11H15FN2O. The van der Waals surface area contributed by atoms with Gasteiger partial charge in [0.25, 0.3) is 0 Å². The molecule has 0 radical (unpaired) electrons. The first kappa shape index (κ1) is 10.5. The van der Waals surface area contributed by atoms with Crippen molar-refractivity contribution in [1.82, 2.24) is 4.90 Å². The number of aliphatic hydroxyl groups is 1. The van der Waals surface area contributed by atoms with E-state index in [1.807, 2.05) is 11.0 Å². The third-order valence-electron chi connectivity index (χ3n) is 2.93. The summed E-state index contributed by atoms with van der Waals surface area (Å²) in [7, 11) is 0. The SMILES string of the molecule is NCC1c2cccc(F)c2CN1CCO. The van der Waals surface area contributed by atoms with Crippen LogP contribution in [0.3, 0.4) is 0 Å². The zero-order valence-corrected chi connectivity index (χ0v) is 8.49. The highest BCUT2D eigenvalue weighted by atomic mass is 19.1. The summed E-state index contributed by atoms with van der Waals surface area (Å²) in [4.78, 5) is 2.01. The van der Waals surface area contributed by atoms with E-state index in [2.05, 4.69) is 0 Å². The average molecular weight is 210 g/mol. The number of benzene rings is 1. The van der Waals surface area contributed by atoms with Crippen molar-refractivity contribution in [3.05, 3.63) is 35.1 Å². The van der Waals surface area contributed by atoms with Crippen LogP contribution in [-0.4, -0.2) is 29.7 Å². The van der Waals surface area contributed by atoms with Gasteiger partial charge in [-0.2, -0.15) is 0 Å². The molecule has 15 heavy (non-hydrogen) atoms. The Morgan fingerprint density at radius 3 is 3.00 bits per heavy atom. The maximum atomic E-state index is 13.5. The molecule has 1 aliphatic heterocycles. The van der Waals surface area contributed by atoms with Crippen molar-refractivity contribution in [1.29, 1.82) is 0 Å². The molecule has 0 aliphatic carbocycles. The molecule has 0 saturated heterocycles. The second-order valence-electron chi connectivity index (χ2n) is 3.75. The van der Waals surface area contributed by atoms with Crippen molar-refractivity contribution in [3.8, 4) is 0 Å². The Balaban J connectivity index is 2.32. The van der Waals surface area contributed by atoms with E-state index in [9.17, 15) is 4.39 Å². The minimum Gasteiger partial charge on any atom is -0.395 e. The number of aliphatic hydroxyl groups excluding tert-OH is 1. The Morgan fingerprint density at radius 2 is 2.33 bits per heavy atom. The predicted octanol–water partition coefficient (Wildman–Crippen LogP) is 0.633. The predicted molar refractivity (Wildman–Crippen MR) is 55.7 cm³/mol. The maximum Gasteiger partial charge on any atom is 0.128 e. The van der Waals surface area contributed by atoms with Gasteiger partial charge in [0.05, 0.1) is 6.61 Å². The summed E-state index contributed by atoms with van der Waals surface area (Å²) in [5.41, 5.74) is 7.36. The van der Waals surface area contributed by atoms with E-state index in [1.54, 1.807) is 6.07 Å². The highest BCUT2D eigenvalue weighted by Gasteiger charge is 2.30. The van der Waals surface area contributed by atoms with Crippen LogP contribution in [0, 0.1) is 5.82 Å². The third kappa shape index (κ3) is 1.76. The van der Waals surface area contributed by atoms with Gasteiger partial charge in [-0.05, 0) is 11.6 Å². The fourth-order valence-corrected chi connectivity index (χ4v) is 2.20. The molecule has 2 rings (SSSR count). The number of β-amino-alcohol motifs (C(OH)–C–C–N with tert-alkyl or cyclic N) is 1. The van der Waals surface area contributed by atoms with E-state index in [-0.39, 0.29) is 18.5 Å². The molecule has 0 spiro atoms. The minimum atomic E-state index is -0.175. The van der Waals surface area contributed by atoms with Gasteiger partial charge in [0, 0.05) is 31.2 Å². The summed E-state index contributed by atoms with van der Waals surface area (Å²) >= 11 is 0. The van der Waals surface area contributed by atoms with Crippen molar-refractivity contribution in [3.63, 3.8) is 0 Å². The van der Waals surface area contributed by atoms with Crippen LogP contribution in [0.2, 0.25) is 0 Å². The standard InChI is InChI=1S/C11H15FN2O/c12-10-3-1-2-8-9(10)7-14(4-5-15)11(8)6-13/h1-3,11,15H,4-7,13H2. The van der Waals surface area contributed by atoms with Gasteiger partial charge in [0.15, 0.2) is 0 Å². The molecule has 1 aromatic rings. The Kier molecular flexibility index (Phi) is 3.00. The molecule has 0 aromatic heterocycles. The summed E-state index contributed by atoms with van der Waals surface area (Å²) in [6, 6.07) is 5.13. The molecule has 3 nitrogen and oxygen atoms in total. The van der Waals surface area contributed by atoms with Crippen molar-refractivity contribution >= 4 is 0 Å². The molecule has 82 valence electrons. The largest absolute Gasteiger partial charge is 0.395 e. The van der Waals surface area contributed by atoms with E-state index in [0.717, 1.165) is 11.1 Å². The molecule has 3 N–H and O–H groups in total. The molecule has 1 heterocycles. The minimum absolute atomic E-state index is 0.0443. The Labute approximate surface area is 88.3 Å². The van der Waals surface area contributed by atoms with E-state index in [1.165, 1.54) is 6.07 Å². The van der Waals surface area contributed by atoms with E-state index in [0.29, 0.717) is 19.6 Å². The van der Waals surface area contributed by atoms with Gasteiger partial charge in [0.1, 0.15) is 5.82 Å². The molecule has 1 aliphatic rings.